The Balaban J connectivity index is 2.30. The molecule has 0 radical (unpaired) electrons. The fraction of sp³-hybridized carbons (Fsp3) is 0.250. The summed E-state index contributed by atoms with van der Waals surface area (Å²) in [5.74, 6) is -0.0138. The molecule has 0 spiro atoms. The molecule has 0 aliphatic carbocycles. The first kappa shape index (κ1) is 16.0. The second kappa shape index (κ2) is 5.76. The summed E-state index contributed by atoms with van der Waals surface area (Å²) in [5.41, 5.74) is -0.790. The average Bonchev–Trinajstić information content (AvgIpc) is 2.79. The van der Waals surface area contributed by atoms with E-state index in [1.54, 1.807) is 0 Å². The summed E-state index contributed by atoms with van der Waals surface area (Å²) in [6.07, 6.45) is 0. The Hall–Kier alpha value is -2.42. The van der Waals surface area contributed by atoms with Gasteiger partial charge in [-0.05, 0) is 17.7 Å². The minimum absolute atomic E-state index is 0.0265. The number of hydrogen-bond acceptors (Lipinski definition) is 5. The van der Waals surface area contributed by atoms with Crippen molar-refractivity contribution in [1.29, 1.82) is 0 Å². The fourth-order valence-electron chi connectivity index (χ4n) is 1.75. The van der Waals surface area contributed by atoms with Gasteiger partial charge in [0.2, 0.25) is 11.6 Å². The molecule has 10 heteroatoms. The number of rotatable bonds is 5. The minimum atomic E-state index is -3.59. The number of nitrogens with zero attached hydrogens (tertiary/aromatic N) is 3. The van der Waals surface area contributed by atoms with E-state index in [-0.39, 0.29) is 23.1 Å². The van der Waals surface area contributed by atoms with E-state index in [1.165, 1.54) is 32.4 Å². The van der Waals surface area contributed by atoms with Gasteiger partial charge in [-0.1, -0.05) is 0 Å². The number of nitro groups is 1. The number of nitro benzene ring substituents is 1. The molecule has 1 heterocycles. The predicted octanol–water partition coefficient (Wildman–Crippen LogP) is 3.42. The Bertz CT molecular complexity index is 715. The van der Waals surface area contributed by atoms with Gasteiger partial charge in [-0.2, -0.15) is 8.78 Å². The van der Waals surface area contributed by atoms with Gasteiger partial charge in [-0.25, -0.2) is 0 Å². The van der Waals surface area contributed by atoms with Crippen molar-refractivity contribution in [3.8, 4) is 17.4 Å². The Morgan fingerprint density at radius 2 is 2.09 bits per heavy atom. The normalized spacial score (nSPS) is 11.3. The molecule has 2 aromatic rings. The van der Waals surface area contributed by atoms with Gasteiger partial charge in [0, 0.05) is 25.2 Å². The highest BCUT2D eigenvalue weighted by molar-refractivity contribution is 6.21. The van der Waals surface area contributed by atoms with Crippen LogP contribution < -0.4 is 9.47 Å². The monoisotopic (exact) mass is 333 g/mol. The SMILES string of the molecule is COc1cc(Oc2cc(C(F)(F)Cl)n(C)n2)ccc1[N+](=O)[O-]. The third-order valence-corrected chi connectivity index (χ3v) is 2.91. The number of aromatic nitrogens is 2. The van der Waals surface area contributed by atoms with Crippen LogP contribution in [0.1, 0.15) is 5.69 Å². The number of methoxy groups -OCH3 is 1. The molecule has 22 heavy (non-hydrogen) atoms. The van der Waals surface area contributed by atoms with Crippen molar-refractivity contribution in [2.24, 2.45) is 7.05 Å². The molecule has 0 unspecified atom stereocenters. The van der Waals surface area contributed by atoms with Crippen molar-refractivity contribution in [2.75, 3.05) is 7.11 Å². The first-order valence-corrected chi connectivity index (χ1v) is 6.21. The summed E-state index contributed by atoms with van der Waals surface area (Å²) in [7, 11) is 2.55. The van der Waals surface area contributed by atoms with E-state index in [2.05, 4.69) is 5.10 Å². The zero-order valence-electron chi connectivity index (χ0n) is 11.4. The second-order valence-corrected chi connectivity index (χ2v) is 4.66. The van der Waals surface area contributed by atoms with Gasteiger partial charge in [0.15, 0.2) is 0 Å². The van der Waals surface area contributed by atoms with Crippen LogP contribution in [0.4, 0.5) is 14.5 Å². The van der Waals surface area contributed by atoms with Gasteiger partial charge in [-0.3, -0.25) is 14.8 Å². The van der Waals surface area contributed by atoms with Gasteiger partial charge in [-0.15, -0.1) is 5.10 Å². The smallest absolute Gasteiger partial charge is 0.364 e. The van der Waals surface area contributed by atoms with Crippen molar-refractivity contribution in [2.45, 2.75) is 5.38 Å². The first-order valence-electron chi connectivity index (χ1n) is 5.84. The van der Waals surface area contributed by atoms with Crippen molar-refractivity contribution < 1.29 is 23.2 Å². The third-order valence-electron chi connectivity index (χ3n) is 2.72. The van der Waals surface area contributed by atoms with Gasteiger partial charge >= 0.3 is 11.1 Å². The van der Waals surface area contributed by atoms with E-state index in [1.807, 2.05) is 0 Å². The highest BCUT2D eigenvalue weighted by atomic mass is 35.5. The molecule has 0 N–H and O–H groups in total. The van der Waals surface area contributed by atoms with Crippen LogP contribution in [0.25, 0.3) is 0 Å². The number of alkyl halides is 3. The maximum Gasteiger partial charge on any atom is 0.364 e. The molecule has 0 saturated heterocycles. The van der Waals surface area contributed by atoms with Crippen LogP contribution in [0.3, 0.4) is 0 Å². The fourth-order valence-corrected chi connectivity index (χ4v) is 1.93. The number of ether oxygens (including phenoxy) is 2. The standard InChI is InChI=1S/C12H10ClF2N3O4/c1-17-10(12(13,14)15)6-11(16-17)22-7-3-4-8(18(19)20)9(5-7)21-2/h3-6H,1-2H3. The first-order chi connectivity index (χ1) is 10.2. The largest absolute Gasteiger partial charge is 0.490 e. The maximum atomic E-state index is 13.1. The molecule has 1 aromatic carbocycles. The molecule has 0 fully saturated rings. The van der Waals surface area contributed by atoms with E-state index in [0.29, 0.717) is 0 Å². The molecule has 0 saturated carbocycles. The molecule has 0 bridgehead atoms. The Labute approximate surface area is 128 Å². The molecule has 1 aromatic heterocycles. The van der Waals surface area contributed by atoms with Crippen LogP contribution in [-0.2, 0) is 12.4 Å². The molecular weight excluding hydrogens is 324 g/mol. The average molecular weight is 334 g/mol. The van der Waals surface area contributed by atoms with E-state index in [9.17, 15) is 18.9 Å². The van der Waals surface area contributed by atoms with Crippen LogP contribution in [0.15, 0.2) is 24.3 Å². The van der Waals surface area contributed by atoms with E-state index < -0.39 is 16.0 Å². The van der Waals surface area contributed by atoms with Crippen LogP contribution in [0.2, 0.25) is 0 Å². The number of hydrogen-bond donors (Lipinski definition) is 0. The van der Waals surface area contributed by atoms with Gasteiger partial charge in [0.1, 0.15) is 11.4 Å². The van der Waals surface area contributed by atoms with Crippen molar-refractivity contribution >= 4 is 17.3 Å². The van der Waals surface area contributed by atoms with E-state index in [0.717, 1.165) is 10.7 Å². The number of aryl methyl sites for hydroxylation is 1. The summed E-state index contributed by atoms with van der Waals surface area (Å²) in [4.78, 5) is 10.2. The van der Waals surface area contributed by atoms with Crippen LogP contribution in [0, 0.1) is 10.1 Å². The summed E-state index contributed by atoms with van der Waals surface area (Å²) >= 11 is 4.94. The second-order valence-electron chi connectivity index (χ2n) is 4.18. The summed E-state index contributed by atoms with van der Waals surface area (Å²) < 4.78 is 37.2. The molecule has 0 amide bonds. The highest BCUT2D eigenvalue weighted by Crippen LogP contribution is 2.36. The molecule has 2 rings (SSSR count). The number of benzene rings is 1. The molecular formula is C12H10ClF2N3O4. The quantitative estimate of drug-likeness (QED) is 0.476. The molecule has 118 valence electrons. The lowest BCUT2D eigenvalue weighted by molar-refractivity contribution is -0.385. The summed E-state index contributed by atoms with van der Waals surface area (Å²) in [6.45, 7) is 0. The Kier molecular flexibility index (Phi) is 4.18. The number of halogens is 3. The summed E-state index contributed by atoms with van der Waals surface area (Å²) in [6, 6.07) is 4.70. The predicted molar refractivity (Wildman–Crippen MR) is 72.7 cm³/mol. The third kappa shape index (κ3) is 3.25. The molecule has 7 nitrogen and oxygen atoms in total. The van der Waals surface area contributed by atoms with E-state index >= 15 is 0 Å². The lowest BCUT2D eigenvalue weighted by atomic mass is 10.3. The minimum Gasteiger partial charge on any atom is -0.490 e. The van der Waals surface area contributed by atoms with Crippen molar-refractivity contribution in [3.63, 3.8) is 0 Å². The zero-order chi connectivity index (χ0) is 16.5. The van der Waals surface area contributed by atoms with Gasteiger partial charge in [0.05, 0.1) is 12.0 Å². The Morgan fingerprint density at radius 1 is 1.41 bits per heavy atom. The lowest BCUT2D eigenvalue weighted by Crippen LogP contribution is -2.10. The molecule has 0 aliphatic heterocycles. The van der Waals surface area contributed by atoms with Crippen molar-refractivity contribution in [1.82, 2.24) is 9.78 Å². The zero-order valence-corrected chi connectivity index (χ0v) is 12.2. The lowest BCUT2D eigenvalue weighted by Gasteiger charge is -2.05. The highest BCUT2D eigenvalue weighted by Gasteiger charge is 2.32. The van der Waals surface area contributed by atoms with Crippen LogP contribution >= 0.6 is 11.6 Å². The maximum absolute atomic E-state index is 13.1. The Morgan fingerprint density at radius 3 is 2.59 bits per heavy atom. The van der Waals surface area contributed by atoms with E-state index in [4.69, 9.17) is 21.1 Å². The van der Waals surface area contributed by atoms with Crippen LogP contribution in [-0.4, -0.2) is 21.8 Å². The molecule has 0 aliphatic rings. The van der Waals surface area contributed by atoms with Gasteiger partial charge < -0.3 is 9.47 Å². The van der Waals surface area contributed by atoms with Crippen LogP contribution in [0.5, 0.6) is 17.4 Å². The van der Waals surface area contributed by atoms with Crippen molar-refractivity contribution in [3.05, 3.63) is 40.1 Å². The topological polar surface area (TPSA) is 79.4 Å². The summed E-state index contributed by atoms with van der Waals surface area (Å²) in [5, 5.41) is 10.9. The van der Waals surface area contributed by atoms with Gasteiger partial charge in [0.25, 0.3) is 0 Å². The molecule has 0 atom stereocenters.